The van der Waals surface area contributed by atoms with Gasteiger partial charge in [0, 0.05) is 6.54 Å². The number of carbonyl (C=O) groups excluding carboxylic acids is 1. The third kappa shape index (κ3) is 3.06. The molecule has 0 heterocycles. The Bertz CT molecular complexity index is 476. The van der Waals surface area contributed by atoms with E-state index in [9.17, 15) is 4.79 Å². The smallest absolute Gasteiger partial charge is 0.338 e. The highest BCUT2D eigenvalue weighted by Gasteiger charge is 2.34. The molecule has 0 unspecified atom stereocenters. The summed E-state index contributed by atoms with van der Waals surface area (Å²) in [7, 11) is 0. The first-order chi connectivity index (χ1) is 9.60. The zero-order valence-corrected chi connectivity index (χ0v) is 12.4. The summed E-state index contributed by atoms with van der Waals surface area (Å²) in [5.41, 5.74) is 8.43. The summed E-state index contributed by atoms with van der Waals surface area (Å²) in [6, 6.07) is 5.25. The van der Waals surface area contributed by atoms with E-state index in [0.29, 0.717) is 23.3 Å². The fourth-order valence-electron chi connectivity index (χ4n) is 2.67. The van der Waals surface area contributed by atoms with Crippen LogP contribution in [0.15, 0.2) is 18.2 Å². The number of ether oxygens (including phenoxy) is 1. The second-order valence-corrected chi connectivity index (χ2v) is 5.58. The molecule has 1 aromatic carbocycles. The molecule has 110 valence electrons. The molecule has 1 saturated carbocycles. The van der Waals surface area contributed by atoms with E-state index in [1.807, 2.05) is 0 Å². The van der Waals surface area contributed by atoms with Crippen LogP contribution in [0.2, 0.25) is 0 Å². The lowest BCUT2D eigenvalue weighted by atomic mass is 9.67. The van der Waals surface area contributed by atoms with Crippen molar-refractivity contribution in [2.45, 2.75) is 39.5 Å². The molecular formula is C16H24N2O2. The van der Waals surface area contributed by atoms with Crippen molar-refractivity contribution in [2.24, 2.45) is 5.41 Å². The first-order valence-corrected chi connectivity index (χ1v) is 7.41. The van der Waals surface area contributed by atoms with Crippen molar-refractivity contribution < 1.29 is 9.53 Å². The molecule has 1 aliphatic rings. The number of hydrogen-bond acceptors (Lipinski definition) is 4. The van der Waals surface area contributed by atoms with Crippen molar-refractivity contribution in [1.82, 2.24) is 0 Å². The minimum Gasteiger partial charge on any atom is -0.462 e. The van der Waals surface area contributed by atoms with Crippen LogP contribution >= 0.6 is 0 Å². The van der Waals surface area contributed by atoms with Gasteiger partial charge in [-0.3, -0.25) is 0 Å². The van der Waals surface area contributed by atoms with Gasteiger partial charge in [0.15, 0.2) is 0 Å². The molecule has 4 heteroatoms. The van der Waals surface area contributed by atoms with E-state index >= 15 is 0 Å². The van der Waals surface area contributed by atoms with Gasteiger partial charge in [0.2, 0.25) is 0 Å². The molecule has 0 aliphatic heterocycles. The average Bonchev–Trinajstić information content (AvgIpc) is 2.40. The van der Waals surface area contributed by atoms with Gasteiger partial charge in [0.1, 0.15) is 0 Å². The molecule has 1 aliphatic carbocycles. The van der Waals surface area contributed by atoms with Gasteiger partial charge in [-0.05, 0) is 49.8 Å². The maximum Gasteiger partial charge on any atom is 0.338 e. The van der Waals surface area contributed by atoms with Crippen molar-refractivity contribution in [3.05, 3.63) is 23.8 Å². The zero-order valence-electron chi connectivity index (χ0n) is 12.4. The Morgan fingerprint density at radius 1 is 1.40 bits per heavy atom. The van der Waals surface area contributed by atoms with E-state index < -0.39 is 0 Å². The molecule has 3 N–H and O–H groups in total. The summed E-state index contributed by atoms with van der Waals surface area (Å²) in [6.07, 6.45) is 5.04. The van der Waals surface area contributed by atoms with Gasteiger partial charge < -0.3 is 15.8 Å². The number of nitrogens with one attached hydrogen (secondary N) is 1. The van der Waals surface area contributed by atoms with E-state index in [2.05, 4.69) is 12.2 Å². The van der Waals surface area contributed by atoms with E-state index in [-0.39, 0.29) is 5.97 Å². The minimum atomic E-state index is -0.301. The lowest BCUT2D eigenvalue weighted by Crippen LogP contribution is -2.36. The Hall–Kier alpha value is -1.71. The number of esters is 1. The van der Waals surface area contributed by atoms with E-state index in [1.54, 1.807) is 25.1 Å². The fraction of sp³-hybridized carbons (Fsp3) is 0.562. The first kappa shape index (κ1) is 14.7. The van der Waals surface area contributed by atoms with Crippen LogP contribution in [0, 0.1) is 5.41 Å². The van der Waals surface area contributed by atoms with Crippen LogP contribution in [0.3, 0.4) is 0 Å². The van der Waals surface area contributed by atoms with E-state index in [0.717, 1.165) is 12.2 Å². The van der Waals surface area contributed by atoms with Crippen LogP contribution < -0.4 is 11.1 Å². The van der Waals surface area contributed by atoms with Crippen molar-refractivity contribution >= 4 is 17.3 Å². The van der Waals surface area contributed by atoms with E-state index in [1.165, 1.54) is 25.7 Å². The Morgan fingerprint density at radius 2 is 2.15 bits per heavy atom. The van der Waals surface area contributed by atoms with Crippen LogP contribution in [-0.4, -0.2) is 19.1 Å². The number of hydrogen-bond donors (Lipinski definition) is 2. The lowest BCUT2D eigenvalue weighted by Gasteiger charge is -2.41. The summed E-state index contributed by atoms with van der Waals surface area (Å²) in [5, 5.41) is 3.41. The molecule has 0 bridgehead atoms. The predicted molar refractivity (Wildman–Crippen MR) is 81.9 cm³/mol. The third-order valence-electron chi connectivity index (χ3n) is 4.38. The number of rotatable bonds is 6. The van der Waals surface area contributed by atoms with Gasteiger partial charge in [0.25, 0.3) is 0 Å². The molecule has 0 atom stereocenters. The number of nitrogens with two attached hydrogens (primary N) is 1. The van der Waals surface area contributed by atoms with Gasteiger partial charge in [-0.2, -0.15) is 0 Å². The van der Waals surface area contributed by atoms with Gasteiger partial charge in [-0.25, -0.2) is 4.79 Å². The molecule has 0 amide bonds. The zero-order chi connectivity index (χ0) is 14.6. The molecule has 1 aromatic rings. The molecule has 20 heavy (non-hydrogen) atoms. The van der Waals surface area contributed by atoms with Gasteiger partial charge in [-0.15, -0.1) is 0 Å². The summed E-state index contributed by atoms with van der Waals surface area (Å²) in [5.74, 6) is -0.301. The highest BCUT2D eigenvalue weighted by atomic mass is 16.5. The van der Waals surface area contributed by atoms with Crippen molar-refractivity contribution in [2.75, 3.05) is 24.2 Å². The molecule has 0 spiro atoms. The first-order valence-electron chi connectivity index (χ1n) is 7.41. The molecule has 0 radical (unpaired) electrons. The number of benzene rings is 1. The van der Waals surface area contributed by atoms with Gasteiger partial charge in [0.05, 0.1) is 23.5 Å². The van der Waals surface area contributed by atoms with Crippen molar-refractivity contribution in [1.29, 1.82) is 0 Å². The van der Waals surface area contributed by atoms with Crippen LogP contribution in [0.25, 0.3) is 0 Å². The van der Waals surface area contributed by atoms with Crippen LogP contribution in [0.4, 0.5) is 11.4 Å². The summed E-state index contributed by atoms with van der Waals surface area (Å²) < 4.78 is 5.01. The Balaban J connectivity index is 2.06. The third-order valence-corrected chi connectivity index (χ3v) is 4.38. The monoisotopic (exact) mass is 276 g/mol. The maximum atomic E-state index is 11.7. The predicted octanol–water partition coefficient (Wildman–Crippen LogP) is 3.44. The number of anilines is 2. The molecule has 4 nitrogen and oxygen atoms in total. The Morgan fingerprint density at radius 3 is 2.70 bits per heavy atom. The number of carbonyl (C=O) groups is 1. The summed E-state index contributed by atoms with van der Waals surface area (Å²) in [6.45, 7) is 5.33. The second-order valence-electron chi connectivity index (χ2n) is 5.58. The maximum absolute atomic E-state index is 11.7. The molecule has 0 aromatic heterocycles. The largest absolute Gasteiger partial charge is 0.462 e. The number of nitrogen functional groups attached to an aromatic ring is 1. The van der Waals surface area contributed by atoms with Gasteiger partial charge in [-0.1, -0.05) is 13.3 Å². The second kappa shape index (κ2) is 6.16. The minimum absolute atomic E-state index is 0.301. The summed E-state index contributed by atoms with van der Waals surface area (Å²) in [4.78, 5) is 11.7. The summed E-state index contributed by atoms with van der Waals surface area (Å²) >= 11 is 0. The average molecular weight is 276 g/mol. The standard InChI is InChI=1S/C16H24N2O2/c1-3-16(8-5-9-16)11-18-14-10-12(6-7-13(14)17)15(19)20-4-2/h6-7,10,18H,3-5,8-9,11,17H2,1-2H3. The van der Waals surface area contributed by atoms with E-state index in [4.69, 9.17) is 10.5 Å². The van der Waals surface area contributed by atoms with Crippen molar-refractivity contribution in [3.63, 3.8) is 0 Å². The van der Waals surface area contributed by atoms with Crippen LogP contribution in [-0.2, 0) is 4.74 Å². The highest BCUT2D eigenvalue weighted by molar-refractivity contribution is 5.92. The Labute approximate surface area is 120 Å². The molecule has 0 saturated heterocycles. The fourth-order valence-corrected chi connectivity index (χ4v) is 2.67. The normalized spacial score (nSPS) is 16.3. The quantitative estimate of drug-likeness (QED) is 0.617. The topological polar surface area (TPSA) is 64.3 Å². The Kier molecular flexibility index (Phi) is 4.53. The van der Waals surface area contributed by atoms with Crippen LogP contribution in [0.5, 0.6) is 0 Å². The lowest BCUT2D eigenvalue weighted by molar-refractivity contribution is 0.0526. The van der Waals surface area contributed by atoms with Crippen molar-refractivity contribution in [3.8, 4) is 0 Å². The van der Waals surface area contributed by atoms with Gasteiger partial charge >= 0.3 is 5.97 Å². The SMILES string of the molecule is CCOC(=O)c1ccc(N)c(NCC2(CC)CCC2)c1. The van der Waals surface area contributed by atoms with Crippen LogP contribution in [0.1, 0.15) is 49.9 Å². The highest BCUT2D eigenvalue weighted by Crippen LogP contribution is 2.43. The molecular weight excluding hydrogens is 252 g/mol. The molecule has 2 rings (SSSR count). The molecule has 1 fully saturated rings.